The second kappa shape index (κ2) is 5.99. The zero-order chi connectivity index (χ0) is 15.6. The Morgan fingerprint density at radius 2 is 1.90 bits per heavy atom. The molecule has 0 aromatic carbocycles. The summed E-state index contributed by atoms with van der Waals surface area (Å²) in [5.41, 5.74) is -0.688. The quantitative estimate of drug-likeness (QED) is 0.783. The van der Waals surface area contributed by atoms with Crippen LogP contribution in [0.2, 0.25) is 0 Å². The van der Waals surface area contributed by atoms with Crippen molar-refractivity contribution in [1.29, 1.82) is 0 Å². The predicted octanol–water partition coefficient (Wildman–Crippen LogP) is 2.14. The monoisotopic (exact) mass is 297 g/mol. The van der Waals surface area contributed by atoms with Crippen molar-refractivity contribution in [3.8, 4) is 0 Å². The summed E-state index contributed by atoms with van der Waals surface area (Å²) < 4.78 is 46.7. The number of hydrogen-bond donors (Lipinski definition) is 0. The van der Waals surface area contributed by atoms with E-state index in [9.17, 15) is 22.8 Å². The number of ketones is 1. The molecule has 1 aliphatic rings. The molecule has 0 N–H and O–H groups in total. The van der Waals surface area contributed by atoms with Crippen LogP contribution in [-0.4, -0.2) is 54.4 Å². The van der Waals surface area contributed by atoms with Gasteiger partial charge in [-0.05, 0) is 20.8 Å². The minimum Gasteiger partial charge on any atom is -0.444 e. The molecule has 0 bridgehead atoms. The van der Waals surface area contributed by atoms with E-state index in [1.54, 1.807) is 20.8 Å². The summed E-state index contributed by atoms with van der Waals surface area (Å²) >= 11 is 0. The Kier molecular flexibility index (Phi) is 5.01. The molecule has 1 aliphatic heterocycles. The normalized spacial score (nSPS) is 20.7. The molecule has 1 fully saturated rings. The number of hydrogen-bond acceptors (Lipinski definition) is 4. The van der Waals surface area contributed by atoms with Crippen molar-refractivity contribution in [1.82, 2.24) is 4.90 Å². The number of morpholine rings is 1. The fraction of sp³-hybridized carbons (Fsp3) is 0.833. The highest BCUT2D eigenvalue weighted by Gasteiger charge is 2.40. The standard InChI is InChI=1S/C12H18F3NO4/c1-11(2,3)20-10(18)16-4-5-19-8(7-16)6-9(17)12(13,14)15/h8H,4-7H2,1-3H3. The zero-order valence-corrected chi connectivity index (χ0v) is 11.6. The van der Waals surface area contributed by atoms with Gasteiger partial charge in [0.05, 0.1) is 19.3 Å². The maximum Gasteiger partial charge on any atom is 0.450 e. The first-order valence-corrected chi connectivity index (χ1v) is 6.18. The van der Waals surface area contributed by atoms with Gasteiger partial charge >= 0.3 is 12.3 Å². The Morgan fingerprint density at radius 3 is 2.40 bits per heavy atom. The molecule has 1 heterocycles. The van der Waals surface area contributed by atoms with Crippen molar-refractivity contribution in [2.45, 2.75) is 45.1 Å². The van der Waals surface area contributed by atoms with Gasteiger partial charge in [-0.2, -0.15) is 13.2 Å². The summed E-state index contributed by atoms with van der Waals surface area (Å²) in [4.78, 5) is 23.9. The molecule has 0 radical (unpaired) electrons. The van der Waals surface area contributed by atoms with E-state index in [2.05, 4.69) is 0 Å². The van der Waals surface area contributed by atoms with Gasteiger partial charge in [0.15, 0.2) is 0 Å². The third-order valence-corrected chi connectivity index (χ3v) is 2.52. The van der Waals surface area contributed by atoms with Gasteiger partial charge in [0.25, 0.3) is 0 Å². The van der Waals surface area contributed by atoms with E-state index in [0.29, 0.717) is 0 Å². The van der Waals surface area contributed by atoms with Crippen LogP contribution in [0.4, 0.5) is 18.0 Å². The van der Waals surface area contributed by atoms with Crippen LogP contribution in [0.1, 0.15) is 27.2 Å². The van der Waals surface area contributed by atoms with Gasteiger partial charge in [0.2, 0.25) is 5.78 Å². The Labute approximate surface area is 115 Å². The summed E-state index contributed by atoms with van der Waals surface area (Å²) in [7, 11) is 0. The van der Waals surface area contributed by atoms with E-state index in [0.717, 1.165) is 0 Å². The molecule has 1 atom stereocenters. The van der Waals surface area contributed by atoms with Crippen LogP contribution in [0.15, 0.2) is 0 Å². The third-order valence-electron chi connectivity index (χ3n) is 2.52. The summed E-state index contributed by atoms with van der Waals surface area (Å²) in [6.45, 7) is 5.29. The van der Waals surface area contributed by atoms with Crippen molar-refractivity contribution in [2.75, 3.05) is 19.7 Å². The molecule has 0 spiro atoms. The van der Waals surface area contributed by atoms with E-state index >= 15 is 0 Å². The molecule has 1 amide bonds. The molecule has 1 unspecified atom stereocenters. The Hall–Kier alpha value is -1.31. The predicted molar refractivity (Wildman–Crippen MR) is 63.2 cm³/mol. The van der Waals surface area contributed by atoms with Gasteiger partial charge in [0.1, 0.15) is 5.60 Å². The number of amides is 1. The van der Waals surface area contributed by atoms with Crippen LogP contribution in [0.5, 0.6) is 0 Å². The first kappa shape index (κ1) is 16.7. The van der Waals surface area contributed by atoms with Crippen molar-refractivity contribution < 1.29 is 32.2 Å². The van der Waals surface area contributed by atoms with E-state index in [1.165, 1.54) is 4.90 Å². The van der Waals surface area contributed by atoms with Gasteiger partial charge in [-0.15, -0.1) is 0 Å². The number of carbonyl (C=O) groups is 2. The molecule has 20 heavy (non-hydrogen) atoms. The van der Waals surface area contributed by atoms with E-state index < -0.39 is 36.2 Å². The van der Waals surface area contributed by atoms with Gasteiger partial charge in [-0.3, -0.25) is 4.79 Å². The summed E-state index contributed by atoms with van der Waals surface area (Å²) in [6, 6.07) is 0. The maximum absolute atomic E-state index is 12.2. The summed E-state index contributed by atoms with van der Waals surface area (Å²) in [5.74, 6) is -1.85. The number of Topliss-reactive ketones (excluding diaryl/α,β-unsaturated/α-hetero) is 1. The van der Waals surface area contributed by atoms with Gasteiger partial charge in [-0.1, -0.05) is 0 Å². The molecule has 1 rings (SSSR count). The number of nitrogens with zero attached hydrogens (tertiary/aromatic N) is 1. The molecule has 116 valence electrons. The zero-order valence-electron chi connectivity index (χ0n) is 11.6. The topological polar surface area (TPSA) is 55.8 Å². The lowest BCUT2D eigenvalue weighted by molar-refractivity contribution is -0.174. The number of ether oxygens (including phenoxy) is 2. The molecule has 0 aromatic rings. The lowest BCUT2D eigenvalue weighted by Gasteiger charge is -2.34. The van der Waals surface area contributed by atoms with E-state index in [-0.39, 0.29) is 19.7 Å². The first-order chi connectivity index (χ1) is 8.99. The molecule has 5 nitrogen and oxygen atoms in total. The summed E-state index contributed by atoms with van der Waals surface area (Å²) in [5, 5.41) is 0. The van der Waals surface area contributed by atoms with Gasteiger partial charge < -0.3 is 14.4 Å². The van der Waals surface area contributed by atoms with Crippen LogP contribution in [0, 0.1) is 0 Å². The number of alkyl halides is 3. The van der Waals surface area contributed by atoms with Crippen LogP contribution < -0.4 is 0 Å². The van der Waals surface area contributed by atoms with Crippen molar-refractivity contribution in [3.63, 3.8) is 0 Å². The highest BCUT2D eigenvalue weighted by molar-refractivity contribution is 5.84. The van der Waals surface area contributed by atoms with E-state index in [1.807, 2.05) is 0 Å². The van der Waals surface area contributed by atoms with Gasteiger partial charge in [0, 0.05) is 13.0 Å². The van der Waals surface area contributed by atoms with E-state index in [4.69, 9.17) is 9.47 Å². The molecule has 1 saturated heterocycles. The fourth-order valence-corrected chi connectivity index (χ4v) is 1.66. The van der Waals surface area contributed by atoms with Crippen LogP contribution in [0.3, 0.4) is 0 Å². The molecular formula is C12H18F3NO4. The fourth-order valence-electron chi connectivity index (χ4n) is 1.66. The SMILES string of the molecule is CC(C)(C)OC(=O)N1CCOC(CC(=O)C(F)(F)F)C1. The highest BCUT2D eigenvalue weighted by atomic mass is 19.4. The van der Waals surface area contributed by atoms with Crippen LogP contribution >= 0.6 is 0 Å². The average molecular weight is 297 g/mol. The molecule has 0 saturated carbocycles. The number of rotatable bonds is 2. The van der Waals surface area contributed by atoms with Gasteiger partial charge in [-0.25, -0.2) is 4.79 Å². The van der Waals surface area contributed by atoms with Crippen molar-refractivity contribution in [3.05, 3.63) is 0 Å². The number of halogens is 3. The Balaban J connectivity index is 2.55. The third kappa shape index (κ3) is 5.36. The molecule has 0 aliphatic carbocycles. The second-order valence-electron chi connectivity index (χ2n) is 5.54. The largest absolute Gasteiger partial charge is 0.450 e. The van der Waals surface area contributed by atoms with Crippen LogP contribution in [0.25, 0.3) is 0 Å². The van der Waals surface area contributed by atoms with Crippen molar-refractivity contribution in [2.24, 2.45) is 0 Å². The minimum atomic E-state index is -4.88. The lowest BCUT2D eigenvalue weighted by Crippen LogP contribution is -2.48. The minimum absolute atomic E-state index is 0.0784. The second-order valence-corrected chi connectivity index (χ2v) is 5.54. The number of carbonyl (C=O) groups excluding carboxylic acids is 2. The maximum atomic E-state index is 12.2. The summed E-state index contributed by atoms with van der Waals surface area (Å²) in [6.07, 6.45) is -7.24. The lowest BCUT2D eigenvalue weighted by atomic mass is 10.1. The molecular weight excluding hydrogens is 279 g/mol. The Bertz CT molecular complexity index is 376. The highest BCUT2D eigenvalue weighted by Crippen LogP contribution is 2.21. The van der Waals surface area contributed by atoms with Crippen molar-refractivity contribution >= 4 is 11.9 Å². The smallest absolute Gasteiger partial charge is 0.444 e. The molecule has 8 heteroatoms. The molecule has 0 aromatic heterocycles. The average Bonchev–Trinajstić information content (AvgIpc) is 2.25. The van der Waals surface area contributed by atoms with Crippen LogP contribution in [-0.2, 0) is 14.3 Å². The Morgan fingerprint density at radius 1 is 1.30 bits per heavy atom. The first-order valence-electron chi connectivity index (χ1n) is 6.18.